The fraction of sp³-hybridized carbons (Fsp3) is 0.0571. The molecule has 0 saturated heterocycles. The number of amides is 2. The van der Waals surface area contributed by atoms with Gasteiger partial charge in [-0.25, -0.2) is 0 Å². The summed E-state index contributed by atoms with van der Waals surface area (Å²) < 4.78 is 10.9. The quantitative estimate of drug-likeness (QED) is 0.0724. The monoisotopic (exact) mass is 601 g/mol. The van der Waals surface area contributed by atoms with Gasteiger partial charge in [0.05, 0.1) is 24.1 Å². The number of nitrogens with one attached hydrogen (secondary N) is 2. The Hall–Kier alpha value is -6.29. The van der Waals surface area contributed by atoms with E-state index in [-0.39, 0.29) is 29.4 Å². The number of furan rings is 1. The van der Waals surface area contributed by atoms with Crippen molar-refractivity contribution >= 4 is 40.7 Å². The van der Waals surface area contributed by atoms with E-state index >= 15 is 0 Å². The molecular weight excluding hydrogens is 574 g/mol. The van der Waals surface area contributed by atoms with Gasteiger partial charge in [-0.3, -0.25) is 24.5 Å². The minimum absolute atomic E-state index is 0.0281. The third kappa shape index (κ3) is 7.76. The van der Waals surface area contributed by atoms with Crippen molar-refractivity contribution in [1.82, 2.24) is 0 Å². The topological polar surface area (TPSA) is 141 Å². The molecule has 0 unspecified atom stereocenters. The Morgan fingerprint density at radius 2 is 1.60 bits per heavy atom. The number of nitro groups is 1. The number of nitro benzene ring substituents is 1. The number of hydrogen-bond donors (Lipinski definition) is 2. The number of nitrogens with zero attached hydrogens (tertiary/aromatic N) is 1. The predicted molar refractivity (Wildman–Crippen MR) is 170 cm³/mol. The van der Waals surface area contributed by atoms with Gasteiger partial charge in [0.1, 0.15) is 17.3 Å². The van der Waals surface area contributed by atoms with Gasteiger partial charge < -0.3 is 19.8 Å². The lowest BCUT2D eigenvalue weighted by atomic mass is 10.0. The molecule has 0 radical (unpaired) electrons. The Labute approximate surface area is 258 Å². The lowest BCUT2D eigenvalue weighted by molar-refractivity contribution is -0.384. The average molecular weight is 602 g/mol. The Morgan fingerprint density at radius 1 is 0.867 bits per heavy atom. The summed E-state index contributed by atoms with van der Waals surface area (Å²) in [5.74, 6) is 0.452. The van der Waals surface area contributed by atoms with Crippen LogP contribution in [0.4, 0.5) is 17.1 Å². The highest BCUT2D eigenvalue weighted by Crippen LogP contribution is 2.26. The maximum Gasteiger partial charge on any atom is 0.269 e. The van der Waals surface area contributed by atoms with E-state index < -0.39 is 10.8 Å². The summed E-state index contributed by atoms with van der Waals surface area (Å²) in [6.45, 7) is 0. The van der Waals surface area contributed by atoms with Crippen molar-refractivity contribution in [2.75, 3.05) is 17.7 Å². The standard InChI is InChI=1S/C35H27N3O7/c1-44-28-14-7-23(8-15-28)21-34(40)37-31-18-11-26(22-30(31)35(41)25-5-3-2-4-6-25)36-33(39)20-17-29-16-19-32(45-29)24-9-12-27(13-10-24)38(42)43/h2-20,22H,21H2,1H3,(H,36,39)(H,37,40)/b20-17+. The van der Waals surface area contributed by atoms with Crippen molar-refractivity contribution in [3.63, 3.8) is 0 Å². The van der Waals surface area contributed by atoms with Gasteiger partial charge in [0.15, 0.2) is 5.78 Å². The molecule has 10 nitrogen and oxygen atoms in total. The van der Waals surface area contributed by atoms with Crippen LogP contribution in [0.5, 0.6) is 5.75 Å². The molecule has 0 atom stereocenters. The molecule has 2 amide bonds. The highest BCUT2D eigenvalue weighted by atomic mass is 16.6. The van der Waals surface area contributed by atoms with Gasteiger partial charge in [0, 0.05) is 40.6 Å². The molecule has 2 N–H and O–H groups in total. The van der Waals surface area contributed by atoms with Crippen LogP contribution in [0.2, 0.25) is 0 Å². The first-order valence-corrected chi connectivity index (χ1v) is 13.8. The van der Waals surface area contributed by atoms with Gasteiger partial charge >= 0.3 is 0 Å². The summed E-state index contributed by atoms with van der Waals surface area (Å²) >= 11 is 0. The van der Waals surface area contributed by atoms with Gasteiger partial charge in [0.25, 0.3) is 5.69 Å². The molecule has 0 aliphatic carbocycles. The second kappa shape index (κ2) is 13.8. The van der Waals surface area contributed by atoms with Crippen LogP contribution in [0, 0.1) is 10.1 Å². The number of anilines is 2. The first kappa shape index (κ1) is 30.2. The van der Waals surface area contributed by atoms with Crippen LogP contribution in [0.3, 0.4) is 0 Å². The number of carbonyl (C=O) groups is 3. The number of benzene rings is 4. The second-order valence-electron chi connectivity index (χ2n) is 9.86. The maximum absolute atomic E-state index is 13.5. The Morgan fingerprint density at radius 3 is 2.29 bits per heavy atom. The van der Waals surface area contributed by atoms with Crippen LogP contribution < -0.4 is 15.4 Å². The van der Waals surface area contributed by atoms with Gasteiger partial charge in [0.2, 0.25) is 11.8 Å². The van der Waals surface area contributed by atoms with Crippen molar-refractivity contribution in [1.29, 1.82) is 0 Å². The fourth-order valence-corrected chi connectivity index (χ4v) is 4.47. The summed E-state index contributed by atoms with van der Waals surface area (Å²) in [6.07, 6.45) is 2.85. The molecule has 0 aliphatic heterocycles. The first-order chi connectivity index (χ1) is 21.8. The zero-order valence-corrected chi connectivity index (χ0v) is 24.1. The van der Waals surface area contributed by atoms with Crippen LogP contribution in [0.15, 0.2) is 120 Å². The molecule has 0 bridgehead atoms. The van der Waals surface area contributed by atoms with E-state index in [0.29, 0.717) is 39.8 Å². The number of non-ortho nitro benzene ring substituents is 1. The zero-order valence-electron chi connectivity index (χ0n) is 24.1. The summed E-state index contributed by atoms with van der Waals surface area (Å²) in [5, 5.41) is 16.4. The largest absolute Gasteiger partial charge is 0.497 e. The van der Waals surface area contributed by atoms with E-state index in [4.69, 9.17) is 9.15 Å². The van der Waals surface area contributed by atoms with Crippen molar-refractivity contribution in [2.24, 2.45) is 0 Å². The van der Waals surface area contributed by atoms with E-state index in [0.717, 1.165) is 5.56 Å². The van der Waals surface area contributed by atoms with E-state index in [9.17, 15) is 24.5 Å². The summed E-state index contributed by atoms with van der Waals surface area (Å²) in [6, 6.07) is 29.7. The van der Waals surface area contributed by atoms with Gasteiger partial charge in [-0.1, -0.05) is 42.5 Å². The Kier molecular flexibility index (Phi) is 9.25. The van der Waals surface area contributed by atoms with Crippen LogP contribution in [0.1, 0.15) is 27.2 Å². The molecule has 0 fully saturated rings. The van der Waals surface area contributed by atoms with Crippen LogP contribution in [0.25, 0.3) is 17.4 Å². The van der Waals surface area contributed by atoms with Crippen molar-refractivity contribution in [3.05, 3.63) is 148 Å². The molecule has 224 valence electrons. The Bertz CT molecular complexity index is 1880. The minimum Gasteiger partial charge on any atom is -0.497 e. The summed E-state index contributed by atoms with van der Waals surface area (Å²) in [4.78, 5) is 49.5. The van der Waals surface area contributed by atoms with Gasteiger partial charge in [-0.05, 0) is 66.2 Å². The molecule has 1 aromatic heterocycles. The molecule has 0 saturated carbocycles. The average Bonchev–Trinajstić information content (AvgIpc) is 3.54. The highest BCUT2D eigenvalue weighted by molar-refractivity contribution is 6.15. The van der Waals surface area contributed by atoms with Crippen molar-refractivity contribution in [3.8, 4) is 17.1 Å². The van der Waals surface area contributed by atoms with Gasteiger partial charge in [-0.15, -0.1) is 0 Å². The fourth-order valence-electron chi connectivity index (χ4n) is 4.47. The molecule has 0 aliphatic rings. The molecular formula is C35H27N3O7. The van der Waals surface area contributed by atoms with E-state index in [1.165, 1.54) is 30.4 Å². The van der Waals surface area contributed by atoms with Crippen LogP contribution >= 0.6 is 0 Å². The third-order valence-electron chi connectivity index (χ3n) is 6.75. The van der Waals surface area contributed by atoms with E-state index in [2.05, 4.69) is 10.6 Å². The molecule has 5 rings (SSSR count). The lowest BCUT2D eigenvalue weighted by Crippen LogP contribution is -2.18. The van der Waals surface area contributed by atoms with Crippen LogP contribution in [-0.2, 0) is 16.0 Å². The normalized spacial score (nSPS) is 10.8. The zero-order chi connectivity index (χ0) is 31.8. The van der Waals surface area contributed by atoms with Crippen molar-refractivity contribution < 1.29 is 28.5 Å². The summed E-state index contributed by atoms with van der Waals surface area (Å²) in [7, 11) is 1.57. The van der Waals surface area contributed by atoms with Crippen molar-refractivity contribution in [2.45, 2.75) is 6.42 Å². The second-order valence-corrected chi connectivity index (χ2v) is 9.86. The molecule has 0 spiro atoms. The maximum atomic E-state index is 13.5. The highest BCUT2D eigenvalue weighted by Gasteiger charge is 2.17. The summed E-state index contributed by atoms with van der Waals surface area (Å²) in [5.41, 5.74) is 2.69. The number of ketones is 1. The molecule has 45 heavy (non-hydrogen) atoms. The lowest BCUT2D eigenvalue weighted by Gasteiger charge is -2.13. The van der Waals surface area contributed by atoms with Gasteiger partial charge in [-0.2, -0.15) is 0 Å². The Balaban J connectivity index is 1.30. The number of methoxy groups -OCH3 is 1. The molecule has 10 heteroatoms. The molecule has 4 aromatic carbocycles. The van der Waals surface area contributed by atoms with E-state index in [1.54, 1.807) is 98.1 Å². The molecule has 5 aromatic rings. The minimum atomic E-state index is -0.479. The number of hydrogen-bond acceptors (Lipinski definition) is 7. The number of ether oxygens (including phenoxy) is 1. The first-order valence-electron chi connectivity index (χ1n) is 13.8. The SMILES string of the molecule is COc1ccc(CC(=O)Nc2ccc(NC(=O)/C=C/c3ccc(-c4ccc([N+](=O)[O-])cc4)o3)cc2C(=O)c2ccccc2)cc1. The van der Waals surface area contributed by atoms with Crippen LogP contribution in [-0.4, -0.2) is 29.6 Å². The molecule has 1 heterocycles. The number of carbonyl (C=O) groups excluding carboxylic acids is 3. The smallest absolute Gasteiger partial charge is 0.269 e. The third-order valence-corrected chi connectivity index (χ3v) is 6.75. The van der Waals surface area contributed by atoms with E-state index in [1.807, 2.05) is 0 Å². The number of rotatable bonds is 11. The predicted octanol–water partition coefficient (Wildman–Crippen LogP) is 6.93.